The smallest absolute Gasteiger partial charge is 0.416 e. The molecule has 2 aliphatic rings. The number of amides is 1. The Morgan fingerprint density at radius 2 is 1.89 bits per heavy atom. The van der Waals surface area contributed by atoms with Gasteiger partial charge in [-0.1, -0.05) is 18.2 Å². The third-order valence-electron chi connectivity index (χ3n) is 7.13. The van der Waals surface area contributed by atoms with Crippen LogP contribution in [0, 0.1) is 11.3 Å². The topological polar surface area (TPSA) is 75.0 Å². The first-order chi connectivity index (χ1) is 18.2. The van der Waals surface area contributed by atoms with Gasteiger partial charge in [0.15, 0.2) is 0 Å². The fourth-order valence-electron chi connectivity index (χ4n) is 4.99. The zero-order valence-electron chi connectivity index (χ0n) is 21.4. The monoisotopic (exact) mass is 531 g/mol. The first-order valence-corrected chi connectivity index (χ1v) is 12.7. The quantitative estimate of drug-likeness (QED) is 0.398. The maximum Gasteiger partial charge on any atom is 0.416 e. The summed E-state index contributed by atoms with van der Waals surface area (Å²) in [4.78, 5) is 16.2. The number of hydrogen-bond acceptors (Lipinski definition) is 6. The van der Waals surface area contributed by atoms with Crippen LogP contribution in [0.2, 0.25) is 0 Å². The van der Waals surface area contributed by atoms with Crippen LogP contribution in [0.25, 0.3) is 11.1 Å². The minimum Gasteiger partial charge on any atom is -0.441 e. The molecule has 0 bridgehead atoms. The Balaban J connectivity index is 1.27. The van der Waals surface area contributed by atoms with Crippen LogP contribution in [-0.2, 0) is 27.0 Å². The molecule has 2 heterocycles. The van der Waals surface area contributed by atoms with E-state index < -0.39 is 17.3 Å². The van der Waals surface area contributed by atoms with Gasteiger partial charge in [-0.3, -0.25) is 0 Å². The second kappa shape index (κ2) is 12.2. The van der Waals surface area contributed by atoms with Crippen molar-refractivity contribution in [2.24, 2.45) is 0 Å². The highest BCUT2D eigenvalue weighted by Gasteiger charge is 2.46. The molecule has 2 aromatic carbocycles. The van der Waals surface area contributed by atoms with Crippen molar-refractivity contribution in [3.05, 3.63) is 59.2 Å². The minimum absolute atomic E-state index is 0.167. The predicted octanol–water partition coefficient (Wildman–Crippen LogP) is 5.08. The molecule has 4 rings (SSSR count). The summed E-state index contributed by atoms with van der Waals surface area (Å²) in [7, 11) is 1.61. The number of ether oxygens (including phenoxy) is 3. The van der Waals surface area contributed by atoms with Gasteiger partial charge in [0.2, 0.25) is 0 Å². The number of methoxy groups -OCH3 is 1. The molecular formula is C28H32F3N3O4. The number of hydrogen-bond donors (Lipinski definition) is 0. The van der Waals surface area contributed by atoms with E-state index in [0.717, 1.165) is 51.0 Å². The molecule has 10 heteroatoms. The summed E-state index contributed by atoms with van der Waals surface area (Å²) < 4.78 is 56.7. The summed E-state index contributed by atoms with van der Waals surface area (Å²) in [5, 5.41) is 9.20. The van der Waals surface area contributed by atoms with Crippen LogP contribution in [-0.4, -0.2) is 74.5 Å². The Hall–Kier alpha value is -3.13. The summed E-state index contributed by atoms with van der Waals surface area (Å²) in [6.45, 7) is 4.70. The zero-order valence-corrected chi connectivity index (χ0v) is 21.4. The fraction of sp³-hybridized carbons (Fsp3) is 0.500. The molecule has 1 spiro atoms. The van der Waals surface area contributed by atoms with Crippen molar-refractivity contribution in [2.75, 3.05) is 53.0 Å². The number of likely N-dealkylation sites (tertiary alicyclic amines) is 1. The van der Waals surface area contributed by atoms with Crippen LogP contribution in [0.15, 0.2) is 42.5 Å². The number of carbonyl (C=O) groups excluding carboxylic acids is 1. The van der Waals surface area contributed by atoms with Crippen LogP contribution < -0.4 is 0 Å². The molecule has 2 fully saturated rings. The lowest BCUT2D eigenvalue weighted by molar-refractivity contribution is -0.137. The molecule has 204 valence electrons. The van der Waals surface area contributed by atoms with Crippen LogP contribution in [0.3, 0.4) is 0 Å². The third-order valence-corrected chi connectivity index (χ3v) is 7.13. The third kappa shape index (κ3) is 6.84. The predicted molar refractivity (Wildman–Crippen MR) is 134 cm³/mol. The van der Waals surface area contributed by atoms with Gasteiger partial charge in [0.25, 0.3) is 0 Å². The molecule has 0 aliphatic carbocycles. The maximum absolute atomic E-state index is 13.4. The van der Waals surface area contributed by atoms with E-state index in [9.17, 15) is 23.2 Å². The number of benzene rings is 2. The highest BCUT2D eigenvalue weighted by Crippen LogP contribution is 2.35. The van der Waals surface area contributed by atoms with Crippen molar-refractivity contribution >= 4 is 6.09 Å². The summed E-state index contributed by atoms with van der Waals surface area (Å²) in [5.74, 6) is 0. The molecule has 38 heavy (non-hydrogen) atoms. The molecule has 0 radical (unpaired) electrons. The van der Waals surface area contributed by atoms with Crippen LogP contribution in [0.1, 0.15) is 36.0 Å². The van der Waals surface area contributed by atoms with Gasteiger partial charge in [-0.05, 0) is 47.4 Å². The highest BCUT2D eigenvalue weighted by molar-refractivity contribution is 5.71. The SMILES string of the molecule is COCCN1CC2(CCN(CCCOCc3ccc(C(F)(F)F)cc3-c3cccc(C#N)c3)CC2)OC1=O. The van der Waals surface area contributed by atoms with Crippen molar-refractivity contribution in [2.45, 2.75) is 37.6 Å². The highest BCUT2D eigenvalue weighted by atomic mass is 19.4. The summed E-state index contributed by atoms with van der Waals surface area (Å²) in [6.07, 6.45) is -2.41. The molecular weight excluding hydrogens is 499 g/mol. The number of rotatable bonds is 10. The molecule has 2 aromatic rings. The number of alkyl halides is 3. The first kappa shape index (κ1) is 27.9. The molecule has 0 saturated carbocycles. The summed E-state index contributed by atoms with van der Waals surface area (Å²) in [6, 6.07) is 12.2. The van der Waals surface area contributed by atoms with Crippen molar-refractivity contribution < 1.29 is 32.2 Å². The van der Waals surface area contributed by atoms with Gasteiger partial charge >= 0.3 is 12.3 Å². The Morgan fingerprint density at radius 3 is 2.61 bits per heavy atom. The van der Waals surface area contributed by atoms with Gasteiger partial charge in [-0.25, -0.2) is 4.79 Å². The maximum atomic E-state index is 13.4. The standard InChI is InChI=1S/C28H32F3N3O4/c1-36-15-13-34-20-27(38-26(34)35)8-11-33(12-9-27)10-3-14-37-19-23-6-7-24(28(29,30)31)17-25(23)22-5-2-4-21(16-22)18-32/h2,4-7,16-17H,3,8-15,19-20H2,1H3. The Morgan fingerprint density at radius 1 is 1.11 bits per heavy atom. The van der Waals surface area contributed by atoms with E-state index in [4.69, 9.17) is 14.2 Å². The van der Waals surface area contributed by atoms with Crippen LogP contribution >= 0.6 is 0 Å². The van der Waals surface area contributed by atoms with E-state index in [1.54, 1.807) is 36.3 Å². The van der Waals surface area contributed by atoms with Crippen LogP contribution in [0.5, 0.6) is 0 Å². The number of nitrogens with zero attached hydrogens (tertiary/aromatic N) is 3. The molecule has 7 nitrogen and oxygen atoms in total. The molecule has 0 atom stereocenters. The average molecular weight is 532 g/mol. The molecule has 0 aromatic heterocycles. The van der Waals surface area contributed by atoms with Gasteiger partial charge in [0.1, 0.15) is 5.60 Å². The van der Waals surface area contributed by atoms with E-state index in [0.29, 0.717) is 48.6 Å². The first-order valence-electron chi connectivity index (χ1n) is 12.7. The largest absolute Gasteiger partial charge is 0.441 e. The number of piperidine rings is 1. The van der Waals surface area contributed by atoms with E-state index in [1.807, 2.05) is 6.07 Å². The zero-order chi connectivity index (χ0) is 27.2. The lowest BCUT2D eigenvalue weighted by Crippen LogP contribution is -2.47. The molecule has 2 saturated heterocycles. The lowest BCUT2D eigenvalue weighted by Gasteiger charge is -2.37. The Labute approximate surface area is 220 Å². The number of nitriles is 1. The molecule has 2 aliphatic heterocycles. The second-order valence-corrected chi connectivity index (χ2v) is 9.78. The van der Waals surface area contributed by atoms with Crippen LogP contribution in [0.4, 0.5) is 18.0 Å². The van der Waals surface area contributed by atoms with Gasteiger partial charge in [-0.15, -0.1) is 0 Å². The lowest BCUT2D eigenvalue weighted by atomic mass is 9.91. The average Bonchev–Trinajstić information content (AvgIpc) is 3.22. The molecule has 1 amide bonds. The van der Waals surface area contributed by atoms with E-state index >= 15 is 0 Å². The minimum atomic E-state index is -4.47. The van der Waals surface area contributed by atoms with E-state index in [1.165, 1.54) is 6.07 Å². The fourth-order valence-corrected chi connectivity index (χ4v) is 4.99. The Kier molecular flexibility index (Phi) is 8.92. The number of halogens is 3. The van der Waals surface area contributed by atoms with Crippen molar-refractivity contribution in [3.8, 4) is 17.2 Å². The van der Waals surface area contributed by atoms with Gasteiger partial charge in [0, 0.05) is 52.7 Å². The Bertz CT molecular complexity index is 1160. The van der Waals surface area contributed by atoms with Gasteiger partial charge < -0.3 is 24.0 Å². The second-order valence-electron chi connectivity index (χ2n) is 9.78. The van der Waals surface area contributed by atoms with Crippen molar-refractivity contribution in [1.82, 2.24) is 9.80 Å². The normalized spacial score (nSPS) is 17.6. The number of carbonyl (C=O) groups is 1. The molecule has 0 unspecified atom stereocenters. The van der Waals surface area contributed by atoms with Crippen molar-refractivity contribution in [3.63, 3.8) is 0 Å². The van der Waals surface area contributed by atoms with E-state index in [-0.39, 0.29) is 12.7 Å². The summed E-state index contributed by atoms with van der Waals surface area (Å²) >= 11 is 0. The van der Waals surface area contributed by atoms with Gasteiger partial charge in [0.05, 0.1) is 37.0 Å². The van der Waals surface area contributed by atoms with E-state index in [2.05, 4.69) is 4.90 Å². The van der Waals surface area contributed by atoms with Gasteiger partial charge in [-0.2, -0.15) is 18.4 Å². The molecule has 0 N–H and O–H groups in total. The summed E-state index contributed by atoms with van der Waals surface area (Å²) in [5.41, 5.74) is 0.809. The van der Waals surface area contributed by atoms with Crippen molar-refractivity contribution in [1.29, 1.82) is 5.26 Å².